The highest BCUT2D eigenvalue weighted by Crippen LogP contribution is 2.23. The highest BCUT2D eigenvalue weighted by Gasteiger charge is 2.20. The van der Waals surface area contributed by atoms with Gasteiger partial charge in [0.15, 0.2) is 0 Å². The van der Waals surface area contributed by atoms with E-state index in [9.17, 15) is 14.6 Å². The van der Waals surface area contributed by atoms with Gasteiger partial charge in [0.2, 0.25) is 0 Å². The van der Waals surface area contributed by atoms with Gasteiger partial charge in [-0.15, -0.1) is 11.6 Å². The molecule has 2 N–H and O–H groups in total. The molecule has 2 atom stereocenters. The molecular formula is C11H11ClFNO2. The zero-order chi connectivity index (χ0) is 12.1. The molecule has 1 aromatic carbocycles. The van der Waals surface area contributed by atoms with Gasteiger partial charge in [-0.1, -0.05) is 6.07 Å². The highest BCUT2D eigenvalue weighted by atomic mass is 35.5. The van der Waals surface area contributed by atoms with Crippen LogP contribution in [0.25, 0.3) is 0 Å². The Hall–Kier alpha value is -1.15. The lowest BCUT2D eigenvalue weighted by Gasteiger charge is -2.18. The maximum atomic E-state index is 13.0. The molecule has 0 aromatic heterocycles. The number of benzene rings is 1. The van der Waals surface area contributed by atoms with Crippen molar-refractivity contribution in [3.8, 4) is 6.07 Å². The average Bonchev–Trinajstić information content (AvgIpc) is 2.29. The summed E-state index contributed by atoms with van der Waals surface area (Å²) in [6, 6.07) is 5.63. The van der Waals surface area contributed by atoms with Gasteiger partial charge < -0.3 is 10.2 Å². The van der Waals surface area contributed by atoms with Crippen LogP contribution in [-0.2, 0) is 6.42 Å². The highest BCUT2D eigenvalue weighted by molar-refractivity contribution is 6.18. The van der Waals surface area contributed by atoms with Gasteiger partial charge in [0.05, 0.1) is 24.5 Å². The van der Waals surface area contributed by atoms with Crippen molar-refractivity contribution in [1.82, 2.24) is 0 Å². The summed E-state index contributed by atoms with van der Waals surface area (Å²) >= 11 is 5.40. The van der Waals surface area contributed by atoms with E-state index in [-0.39, 0.29) is 17.9 Å². The summed E-state index contributed by atoms with van der Waals surface area (Å²) in [5, 5.41) is 27.7. The van der Waals surface area contributed by atoms with Crippen molar-refractivity contribution in [2.75, 3.05) is 5.88 Å². The van der Waals surface area contributed by atoms with Gasteiger partial charge in [-0.05, 0) is 23.3 Å². The van der Waals surface area contributed by atoms with Gasteiger partial charge in [0.25, 0.3) is 0 Å². The van der Waals surface area contributed by atoms with Crippen LogP contribution in [0.1, 0.15) is 17.2 Å². The summed E-state index contributed by atoms with van der Waals surface area (Å²) in [6.45, 7) is 0. The maximum absolute atomic E-state index is 13.0. The largest absolute Gasteiger partial charge is 0.389 e. The Morgan fingerprint density at radius 3 is 2.69 bits per heavy atom. The third kappa shape index (κ3) is 2.92. The van der Waals surface area contributed by atoms with Crippen LogP contribution in [0.3, 0.4) is 0 Å². The third-order valence-corrected chi connectivity index (χ3v) is 2.53. The van der Waals surface area contributed by atoms with E-state index in [2.05, 4.69) is 0 Å². The molecule has 86 valence electrons. The molecule has 0 radical (unpaired) electrons. The van der Waals surface area contributed by atoms with E-state index < -0.39 is 18.0 Å². The van der Waals surface area contributed by atoms with Crippen LogP contribution < -0.4 is 0 Å². The molecule has 0 bridgehead atoms. The van der Waals surface area contributed by atoms with Crippen molar-refractivity contribution in [3.05, 3.63) is 35.1 Å². The molecule has 2 unspecified atom stereocenters. The second-order valence-electron chi connectivity index (χ2n) is 3.34. The van der Waals surface area contributed by atoms with Gasteiger partial charge in [0, 0.05) is 0 Å². The van der Waals surface area contributed by atoms with E-state index in [1.807, 2.05) is 6.07 Å². The number of alkyl halides is 1. The van der Waals surface area contributed by atoms with Crippen molar-refractivity contribution in [3.63, 3.8) is 0 Å². The number of nitriles is 1. The summed E-state index contributed by atoms with van der Waals surface area (Å²) in [5.74, 6) is -0.693. The van der Waals surface area contributed by atoms with Crippen molar-refractivity contribution in [1.29, 1.82) is 5.26 Å². The molecule has 0 fully saturated rings. The van der Waals surface area contributed by atoms with Crippen LogP contribution in [0.15, 0.2) is 18.2 Å². The first kappa shape index (κ1) is 12.9. The summed E-state index contributed by atoms with van der Waals surface area (Å²) in [4.78, 5) is 0. The summed E-state index contributed by atoms with van der Waals surface area (Å²) in [7, 11) is 0. The van der Waals surface area contributed by atoms with Crippen molar-refractivity contribution in [2.24, 2.45) is 0 Å². The molecule has 0 saturated carbocycles. The van der Waals surface area contributed by atoms with Gasteiger partial charge in [-0.3, -0.25) is 0 Å². The van der Waals surface area contributed by atoms with Crippen LogP contribution in [-0.4, -0.2) is 22.2 Å². The van der Waals surface area contributed by atoms with Crippen LogP contribution in [0.5, 0.6) is 0 Å². The Balaban J connectivity index is 3.09. The quantitative estimate of drug-likeness (QED) is 0.789. The molecule has 0 amide bonds. The van der Waals surface area contributed by atoms with Crippen LogP contribution in [0.4, 0.5) is 4.39 Å². The molecule has 0 saturated heterocycles. The summed E-state index contributed by atoms with van der Waals surface area (Å²) < 4.78 is 13.0. The standard InChI is InChI=1S/C11H11ClFNO2/c12-6-10(15)11(16)9-5-8(13)2-1-7(9)3-4-14/h1-2,5,10-11,15-16H,3,6H2. The third-order valence-electron chi connectivity index (χ3n) is 2.22. The fourth-order valence-electron chi connectivity index (χ4n) is 1.38. The second kappa shape index (κ2) is 5.80. The van der Waals surface area contributed by atoms with Crippen LogP contribution in [0, 0.1) is 17.1 Å². The summed E-state index contributed by atoms with van der Waals surface area (Å²) in [6.07, 6.45) is -2.42. The Morgan fingerprint density at radius 2 is 2.12 bits per heavy atom. The minimum atomic E-state index is -1.28. The lowest BCUT2D eigenvalue weighted by molar-refractivity contribution is 0.0320. The second-order valence-corrected chi connectivity index (χ2v) is 3.65. The first-order chi connectivity index (χ1) is 7.60. The number of halogens is 2. The van der Waals surface area contributed by atoms with Crippen molar-refractivity contribution in [2.45, 2.75) is 18.6 Å². The number of nitrogens with zero attached hydrogens (tertiary/aromatic N) is 1. The Labute approximate surface area is 97.7 Å². The predicted octanol–water partition coefficient (Wildman–Crippen LogP) is 1.52. The SMILES string of the molecule is N#CCc1ccc(F)cc1C(O)C(O)CCl. The minimum absolute atomic E-state index is 0.0433. The molecule has 0 aliphatic carbocycles. The molecular weight excluding hydrogens is 233 g/mol. The molecule has 16 heavy (non-hydrogen) atoms. The number of hydrogen-bond donors (Lipinski definition) is 2. The van der Waals surface area contributed by atoms with Gasteiger partial charge in [-0.2, -0.15) is 5.26 Å². The van der Waals surface area contributed by atoms with E-state index in [1.165, 1.54) is 12.1 Å². The van der Waals surface area contributed by atoms with E-state index in [1.54, 1.807) is 0 Å². The predicted molar refractivity (Wildman–Crippen MR) is 57.4 cm³/mol. The van der Waals surface area contributed by atoms with E-state index in [0.29, 0.717) is 5.56 Å². The fraction of sp³-hybridized carbons (Fsp3) is 0.364. The van der Waals surface area contributed by atoms with Gasteiger partial charge >= 0.3 is 0 Å². The molecule has 1 aromatic rings. The smallest absolute Gasteiger partial charge is 0.123 e. The lowest BCUT2D eigenvalue weighted by atomic mass is 9.97. The van der Waals surface area contributed by atoms with Crippen LogP contribution in [0.2, 0.25) is 0 Å². The molecule has 0 aliphatic rings. The molecule has 3 nitrogen and oxygen atoms in total. The zero-order valence-electron chi connectivity index (χ0n) is 8.40. The number of hydrogen-bond acceptors (Lipinski definition) is 3. The minimum Gasteiger partial charge on any atom is -0.389 e. The first-order valence-electron chi connectivity index (χ1n) is 4.67. The van der Waals surface area contributed by atoms with E-state index in [4.69, 9.17) is 16.9 Å². The van der Waals surface area contributed by atoms with Crippen LogP contribution >= 0.6 is 11.6 Å². The molecule has 0 heterocycles. The first-order valence-corrected chi connectivity index (χ1v) is 5.21. The zero-order valence-corrected chi connectivity index (χ0v) is 9.15. The fourth-order valence-corrected chi connectivity index (χ4v) is 1.55. The maximum Gasteiger partial charge on any atom is 0.123 e. The van der Waals surface area contributed by atoms with Gasteiger partial charge in [-0.25, -0.2) is 4.39 Å². The van der Waals surface area contributed by atoms with E-state index >= 15 is 0 Å². The van der Waals surface area contributed by atoms with E-state index in [0.717, 1.165) is 6.07 Å². The monoisotopic (exact) mass is 243 g/mol. The Morgan fingerprint density at radius 1 is 1.44 bits per heavy atom. The molecule has 1 rings (SSSR count). The van der Waals surface area contributed by atoms with Crippen molar-refractivity contribution >= 4 is 11.6 Å². The van der Waals surface area contributed by atoms with Gasteiger partial charge in [0.1, 0.15) is 11.9 Å². The molecule has 0 spiro atoms. The molecule has 5 heteroatoms. The molecule has 0 aliphatic heterocycles. The lowest BCUT2D eigenvalue weighted by Crippen LogP contribution is -2.21. The topological polar surface area (TPSA) is 64.2 Å². The Bertz CT molecular complexity index is 405. The van der Waals surface area contributed by atoms with Crippen molar-refractivity contribution < 1.29 is 14.6 Å². The number of aliphatic hydroxyl groups is 2. The Kier molecular flexibility index (Phi) is 4.69. The average molecular weight is 244 g/mol. The number of rotatable bonds is 4. The normalized spacial score (nSPS) is 14.2. The number of aliphatic hydroxyl groups excluding tert-OH is 2. The summed E-state index contributed by atoms with van der Waals surface area (Å²) in [5.41, 5.74) is 0.690.